The van der Waals surface area contributed by atoms with Gasteiger partial charge in [0.2, 0.25) is 11.8 Å². The van der Waals surface area contributed by atoms with Crippen LogP contribution in [0.25, 0.3) is 0 Å². The fourth-order valence-electron chi connectivity index (χ4n) is 2.29. The summed E-state index contributed by atoms with van der Waals surface area (Å²) in [5.74, 6) is 1.34. The Hall–Kier alpha value is -1.43. The molecule has 1 aliphatic rings. The van der Waals surface area contributed by atoms with E-state index in [1.165, 1.54) is 0 Å². The van der Waals surface area contributed by atoms with E-state index in [-0.39, 0.29) is 12.5 Å². The van der Waals surface area contributed by atoms with Crippen molar-refractivity contribution in [2.24, 2.45) is 0 Å². The molecule has 0 radical (unpaired) electrons. The van der Waals surface area contributed by atoms with E-state index in [0.29, 0.717) is 30.0 Å². The summed E-state index contributed by atoms with van der Waals surface area (Å²) in [6, 6.07) is 7.59. The molecule has 1 atom stereocenters. The Kier molecular flexibility index (Phi) is 4.85. The molecule has 5 nitrogen and oxygen atoms in total. The maximum atomic E-state index is 6.07. The zero-order valence-corrected chi connectivity index (χ0v) is 12.4. The lowest BCUT2D eigenvalue weighted by Crippen LogP contribution is -2.15. The van der Waals surface area contributed by atoms with Gasteiger partial charge in [0, 0.05) is 11.6 Å². The van der Waals surface area contributed by atoms with Gasteiger partial charge in [-0.15, -0.1) is 10.2 Å². The van der Waals surface area contributed by atoms with Crippen molar-refractivity contribution in [3.05, 3.63) is 46.6 Å². The molecule has 0 saturated carbocycles. The van der Waals surface area contributed by atoms with Gasteiger partial charge in [-0.25, -0.2) is 0 Å². The van der Waals surface area contributed by atoms with E-state index >= 15 is 0 Å². The number of hydrogen-bond donors (Lipinski definition) is 0. The highest BCUT2D eigenvalue weighted by Crippen LogP contribution is 2.24. The highest BCUT2D eigenvalue weighted by molar-refractivity contribution is 6.31. The summed E-state index contributed by atoms with van der Waals surface area (Å²) in [5.41, 5.74) is 0.944. The first-order valence-electron chi connectivity index (χ1n) is 7.04. The van der Waals surface area contributed by atoms with Crippen LogP contribution in [0.4, 0.5) is 0 Å². The predicted octanol–water partition coefficient (Wildman–Crippen LogP) is 3.33. The molecule has 0 N–H and O–H groups in total. The molecule has 1 aromatic heterocycles. The van der Waals surface area contributed by atoms with Crippen LogP contribution in [0.5, 0.6) is 0 Å². The lowest BCUT2D eigenvalue weighted by Gasteiger charge is -2.18. The van der Waals surface area contributed by atoms with E-state index in [1.807, 2.05) is 24.3 Å². The van der Waals surface area contributed by atoms with Crippen molar-refractivity contribution in [2.75, 3.05) is 13.2 Å². The molecular formula is C15H17ClN2O3. The lowest BCUT2D eigenvalue weighted by molar-refractivity contribution is 0.0673. The van der Waals surface area contributed by atoms with Gasteiger partial charge in [0.15, 0.2) is 0 Å². The predicted molar refractivity (Wildman–Crippen MR) is 77.0 cm³/mol. The minimum Gasteiger partial charge on any atom is -0.422 e. The first-order chi connectivity index (χ1) is 10.3. The van der Waals surface area contributed by atoms with Crippen molar-refractivity contribution >= 4 is 11.6 Å². The van der Waals surface area contributed by atoms with Crippen LogP contribution in [0.2, 0.25) is 5.02 Å². The highest BCUT2D eigenvalue weighted by Gasteiger charge is 2.21. The van der Waals surface area contributed by atoms with Crippen molar-refractivity contribution < 1.29 is 13.9 Å². The molecule has 0 bridgehead atoms. The van der Waals surface area contributed by atoms with Crippen LogP contribution in [0.1, 0.15) is 36.1 Å². The summed E-state index contributed by atoms with van der Waals surface area (Å²) >= 11 is 6.07. The van der Waals surface area contributed by atoms with Gasteiger partial charge in [0.1, 0.15) is 6.61 Å². The van der Waals surface area contributed by atoms with Gasteiger partial charge in [0.05, 0.1) is 19.1 Å². The van der Waals surface area contributed by atoms with E-state index in [4.69, 9.17) is 25.5 Å². The zero-order valence-electron chi connectivity index (χ0n) is 11.6. The molecule has 21 heavy (non-hydrogen) atoms. The highest BCUT2D eigenvalue weighted by atomic mass is 35.5. The normalized spacial score (nSPS) is 18.8. The third-order valence-electron chi connectivity index (χ3n) is 3.43. The summed E-state index contributed by atoms with van der Waals surface area (Å²) < 4.78 is 16.6. The van der Waals surface area contributed by atoms with Crippen molar-refractivity contribution in [2.45, 2.75) is 32.0 Å². The molecule has 1 aliphatic heterocycles. The Morgan fingerprint density at radius 2 is 2.14 bits per heavy atom. The summed E-state index contributed by atoms with van der Waals surface area (Å²) in [6.07, 6.45) is 2.06. The van der Waals surface area contributed by atoms with Gasteiger partial charge >= 0.3 is 0 Å². The van der Waals surface area contributed by atoms with Gasteiger partial charge in [-0.2, -0.15) is 0 Å². The topological polar surface area (TPSA) is 57.4 Å². The second kappa shape index (κ2) is 7.02. The maximum Gasteiger partial charge on any atom is 0.242 e. The lowest BCUT2D eigenvalue weighted by atomic mass is 10.0. The van der Waals surface area contributed by atoms with Gasteiger partial charge in [-0.1, -0.05) is 29.8 Å². The first-order valence-corrected chi connectivity index (χ1v) is 7.42. The van der Waals surface area contributed by atoms with E-state index < -0.39 is 0 Å². The molecule has 2 heterocycles. The van der Waals surface area contributed by atoms with Gasteiger partial charge < -0.3 is 13.9 Å². The Bertz CT molecular complexity index is 582. The van der Waals surface area contributed by atoms with Gasteiger partial charge in [-0.3, -0.25) is 0 Å². The SMILES string of the molecule is Clc1ccccc1COCc1nnc(C2CCCOC2)o1. The van der Waals surface area contributed by atoms with Crippen LogP contribution in [0, 0.1) is 0 Å². The molecule has 1 saturated heterocycles. The van der Waals surface area contributed by atoms with Gasteiger partial charge in [0.25, 0.3) is 0 Å². The average molecular weight is 309 g/mol. The molecule has 1 unspecified atom stereocenters. The number of hydrogen-bond acceptors (Lipinski definition) is 5. The number of aromatic nitrogens is 2. The largest absolute Gasteiger partial charge is 0.422 e. The minimum atomic E-state index is 0.212. The molecule has 0 spiro atoms. The van der Waals surface area contributed by atoms with Crippen LogP contribution in [0.15, 0.2) is 28.7 Å². The van der Waals surface area contributed by atoms with Crippen LogP contribution in [-0.2, 0) is 22.7 Å². The monoisotopic (exact) mass is 308 g/mol. The fraction of sp³-hybridized carbons (Fsp3) is 0.467. The van der Waals surface area contributed by atoms with Crippen LogP contribution in [0.3, 0.4) is 0 Å². The smallest absolute Gasteiger partial charge is 0.242 e. The Labute approximate surface area is 128 Å². The van der Waals surface area contributed by atoms with E-state index in [1.54, 1.807) is 0 Å². The third-order valence-corrected chi connectivity index (χ3v) is 3.80. The second-order valence-corrected chi connectivity index (χ2v) is 5.44. The fourth-order valence-corrected chi connectivity index (χ4v) is 2.48. The van der Waals surface area contributed by atoms with Crippen molar-refractivity contribution in [1.82, 2.24) is 10.2 Å². The summed E-state index contributed by atoms with van der Waals surface area (Å²) in [4.78, 5) is 0. The Morgan fingerprint density at radius 3 is 2.95 bits per heavy atom. The minimum absolute atomic E-state index is 0.212. The third kappa shape index (κ3) is 3.81. The molecule has 0 aliphatic carbocycles. The number of nitrogens with zero attached hydrogens (tertiary/aromatic N) is 2. The number of rotatable bonds is 5. The summed E-state index contributed by atoms with van der Waals surface area (Å²) in [5, 5.41) is 8.79. The van der Waals surface area contributed by atoms with Crippen molar-refractivity contribution in [3.8, 4) is 0 Å². The van der Waals surface area contributed by atoms with Crippen LogP contribution >= 0.6 is 11.6 Å². The Morgan fingerprint density at radius 1 is 1.24 bits per heavy atom. The number of ether oxygens (including phenoxy) is 2. The molecule has 2 aromatic rings. The molecule has 1 aromatic carbocycles. The average Bonchev–Trinajstić information content (AvgIpc) is 2.99. The number of benzene rings is 1. The van der Waals surface area contributed by atoms with E-state index in [2.05, 4.69) is 10.2 Å². The zero-order chi connectivity index (χ0) is 14.5. The van der Waals surface area contributed by atoms with Crippen molar-refractivity contribution in [1.29, 1.82) is 0 Å². The molecule has 112 valence electrons. The van der Waals surface area contributed by atoms with E-state index in [9.17, 15) is 0 Å². The van der Waals surface area contributed by atoms with Crippen LogP contribution < -0.4 is 0 Å². The first kappa shape index (κ1) is 14.5. The van der Waals surface area contributed by atoms with Crippen LogP contribution in [-0.4, -0.2) is 23.4 Å². The second-order valence-electron chi connectivity index (χ2n) is 5.03. The standard InChI is InChI=1S/C15H17ClN2O3/c16-13-6-2-1-4-11(13)8-20-10-14-17-18-15(21-14)12-5-3-7-19-9-12/h1-2,4,6,12H,3,5,7-10H2. The molecule has 6 heteroatoms. The summed E-state index contributed by atoms with van der Waals surface area (Å²) in [6.45, 7) is 2.18. The molecule has 3 rings (SSSR count). The van der Waals surface area contributed by atoms with Gasteiger partial charge in [-0.05, 0) is 24.5 Å². The summed E-state index contributed by atoms with van der Waals surface area (Å²) in [7, 11) is 0. The molecule has 0 amide bonds. The van der Waals surface area contributed by atoms with Crippen molar-refractivity contribution in [3.63, 3.8) is 0 Å². The van der Waals surface area contributed by atoms with E-state index in [0.717, 1.165) is 25.0 Å². The molecule has 1 fully saturated rings. The molecular weight excluding hydrogens is 292 g/mol. The maximum absolute atomic E-state index is 6.07. The quantitative estimate of drug-likeness (QED) is 0.848. The Balaban J connectivity index is 1.52. The number of halogens is 1.